The molecule has 1 saturated heterocycles. The summed E-state index contributed by atoms with van der Waals surface area (Å²) >= 11 is 1.51. The maximum absolute atomic E-state index is 12.5. The Morgan fingerprint density at radius 3 is 2.67 bits per heavy atom. The highest BCUT2D eigenvalue weighted by atomic mass is 32.2. The normalized spacial score (nSPS) is 23.6. The lowest BCUT2D eigenvalue weighted by molar-refractivity contribution is -0.117. The Labute approximate surface area is 146 Å². The molecule has 4 rings (SSSR count). The van der Waals surface area contributed by atoms with Gasteiger partial charge in [-0.3, -0.25) is 4.79 Å². The maximum Gasteiger partial charge on any atom is 0.171 e. The van der Waals surface area contributed by atoms with Crippen molar-refractivity contribution < 1.29 is 4.79 Å². The second-order valence-corrected chi connectivity index (χ2v) is 8.64. The molecule has 7 heteroatoms. The van der Waals surface area contributed by atoms with Crippen molar-refractivity contribution in [1.82, 2.24) is 14.9 Å². The number of carbonyl (C=O) groups is 1. The third-order valence-corrected chi connectivity index (χ3v) is 6.07. The SMILES string of the molecule is CN1CCN(c2ncnc3c2NC2=C(S3)C(=O)CC(C)(C)C2)CC1. The summed E-state index contributed by atoms with van der Waals surface area (Å²) in [5.41, 5.74) is 2.01. The van der Waals surface area contributed by atoms with Crippen LogP contribution in [0.3, 0.4) is 0 Å². The van der Waals surface area contributed by atoms with Gasteiger partial charge in [0.1, 0.15) is 17.0 Å². The molecule has 0 saturated carbocycles. The van der Waals surface area contributed by atoms with Crippen LogP contribution >= 0.6 is 11.8 Å². The van der Waals surface area contributed by atoms with E-state index in [1.54, 1.807) is 6.33 Å². The molecule has 0 bridgehead atoms. The van der Waals surface area contributed by atoms with E-state index in [1.807, 2.05) is 0 Å². The number of nitrogens with one attached hydrogen (secondary N) is 1. The van der Waals surface area contributed by atoms with E-state index in [0.717, 1.165) is 59.7 Å². The van der Waals surface area contributed by atoms with Crippen LogP contribution < -0.4 is 10.2 Å². The Bertz CT molecular complexity index is 722. The van der Waals surface area contributed by atoms with Crippen LogP contribution in [0.15, 0.2) is 22.0 Å². The van der Waals surface area contributed by atoms with Gasteiger partial charge in [-0.1, -0.05) is 25.6 Å². The first-order chi connectivity index (χ1) is 11.4. The molecule has 0 spiro atoms. The molecule has 0 unspecified atom stereocenters. The molecule has 0 radical (unpaired) electrons. The van der Waals surface area contributed by atoms with E-state index in [4.69, 9.17) is 0 Å². The molecule has 1 aliphatic carbocycles. The molecule has 3 aliphatic rings. The highest BCUT2D eigenvalue weighted by molar-refractivity contribution is 8.04. The number of allylic oxidation sites excluding steroid dienone is 2. The number of rotatable bonds is 1. The second-order valence-electron chi connectivity index (χ2n) is 7.64. The summed E-state index contributed by atoms with van der Waals surface area (Å²) in [4.78, 5) is 26.9. The third-order valence-electron chi connectivity index (χ3n) is 4.89. The van der Waals surface area contributed by atoms with Crippen LogP contribution in [0.4, 0.5) is 11.5 Å². The van der Waals surface area contributed by atoms with E-state index >= 15 is 0 Å². The molecule has 24 heavy (non-hydrogen) atoms. The van der Waals surface area contributed by atoms with E-state index in [9.17, 15) is 4.79 Å². The van der Waals surface area contributed by atoms with Crippen LogP contribution in [0.25, 0.3) is 0 Å². The van der Waals surface area contributed by atoms with Gasteiger partial charge < -0.3 is 15.1 Å². The Balaban J connectivity index is 1.67. The number of fused-ring (bicyclic) bond motifs is 1. The predicted molar refractivity (Wildman–Crippen MR) is 96.3 cm³/mol. The van der Waals surface area contributed by atoms with E-state index in [2.05, 4.69) is 46.0 Å². The Kier molecular flexibility index (Phi) is 3.80. The summed E-state index contributed by atoms with van der Waals surface area (Å²) < 4.78 is 0. The quantitative estimate of drug-likeness (QED) is 0.784. The predicted octanol–water partition coefficient (Wildman–Crippen LogP) is 2.35. The number of piperazine rings is 1. The summed E-state index contributed by atoms with van der Waals surface area (Å²) in [5, 5.41) is 4.39. The van der Waals surface area contributed by atoms with Crippen LogP contribution in [-0.4, -0.2) is 53.9 Å². The maximum atomic E-state index is 12.5. The first kappa shape index (κ1) is 15.9. The van der Waals surface area contributed by atoms with Crippen LogP contribution in [0.1, 0.15) is 26.7 Å². The molecule has 128 valence electrons. The zero-order valence-corrected chi connectivity index (χ0v) is 15.2. The molecule has 2 aliphatic heterocycles. The van der Waals surface area contributed by atoms with Gasteiger partial charge in [-0.15, -0.1) is 0 Å². The molecule has 1 aromatic heterocycles. The minimum Gasteiger partial charge on any atom is -0.353 e. The zero-order valence-electron chi connectivity index (χ0n) is 14.4. The Morgan fingerprint density at radius 2 is 1.92 bits per heavy atom. The fourth-order valence-electron chi connectivity index (χ4n) is 3.58. The van der Waals surface area contributed by atoms with Crippen molar-refractivity contribution >= 4 is 29.1 Å². The lowest BCUT2D eigenvalue weighted by atomic mass is 9.78. The van der Waals surface area contributed by atoms with Crippen molar-refractivity contribution in [3.05, 3.63) is 16.9 Å². The number of hydrogen-bond acceptors (Lipinski definition) is 7. The van der Waals surface area contributed by atoms with Gasteiger partial charge >= 0.3 is 0 Å². The Morgan fingerprint density at radius 1 is 1.17 bits per heavy atom. The van der Waals surface area contributed by atoms with Gasteiger partial charge in [0, 0.05) is 38.3 Å². The van der Waals surface area contributed by atoms with Crippen LogP contribution in [0.2, 0.25) is 0 Å². The first-order valence-corrected chi connectivity index (χ1v) is 9.24. The highest BCUT2D eigenvalue weighted by Crippen LogP contribution is 2.49. The fraction of sp³-hybridized carbons (Fsp3) is 0.588. The molecule has 0 amide bonds. The number of Topliss-reactive ketones (excluding diaryl/α,β-unsaturated/α-hetero) is 1. The van der Waals surface area contributed by atoms with E-state index in [1.165, 1.54) is 11.8 Å². The zero-order chi connectivity index (χ0) is 16.9. The number of thioether (sulfide) groups is 1. The molecular formula is C17H23N5OS. The van der Waals surface area contributed by atoms with Crippen molar-refractivity contribution in [3.63, 3.8) is 0 Å². The van der Waals surface area contributed by atoms with E-state index < -0.39 is 0 Å². The van der Waals surface area contributed by atoms with Gasteiger partial charge in [-0.2, -0.15) is 0 Å². The number of aromatic nitrogens is 2. The summed E-state index contributed by atoms with van der Waals surface area (Å²) in [6.45, 7) is 8.29. The topological polar surface area (TPSA) is 61.4 Å². The smallest absolute Gasteiger partial charge is 0.171 e. The molecule has 6 nitrogen and oxygen atoms in total. The van der Waals surface area contributed by atoms with Gasteiger partial charge in [0.05, 0.1) is 4.91 Å². The molecule has 1 aromatic rings. The van der Waals surface area contributed by atoms with Crippen molar-refractivity contribution in [1.29, 1.82) is 0 Å². The summed E-state index contributed by atoms with van der Waals surface area (Å²) in [6, 6.07) is 0. The molecular weight excluding hydrogens is 322 g/mol. The van der Waals surface area contributed by atoms with Crippen molar-refractivity contribution in [2.45, 2.75) is 31.7 Å². The highest BCUT2D eigenvalue weighted by Gasteiger charge is 2.37. The summed E-state index contributed by atoms with van der Waals surface area (Å²) in [7, 11) is 2.15. The minimum absolute atomic E-state index is 0.00458. The van der Waals surface area contributed by atoms with E-state index in [0.29, 0.717) is 6.42 Å². The average Bonchev–Trinajstić information content (AvgIpc) is 2.53. The van der Waals surface area contributed by atoms with E-state index in [-0.39, 0.29) is 11.2 Å². The van der Waals surface area contributed by atoms with Gasteiger partial charge in [-0.25, -0.2) is 9.97 Å². The molecule has 0 aromatic carbocycles. The molecule has 1 N–H and O–H groups in total. The monoisotopic (exact) mass is 345 g/mol. The van der Waals surface area contributed by atoms with Crippen molar-refractivity contribution in [2.75, 3.05) is 43.4 Å². The summed E-state index contributed by atoms with van der Waals surface area (Å²) in [5.74, 6) is 1.19. The van der Waals surface area contributed by atoms with Crippen LogP contribution in [0, 0.1) is 5.41 Å². The van der Waals surface area contributed by atoms with Crippen LogP contribution in [0.5, 0.6) is 0 Å². The van der Waals surface area contributed by atoms with Crippen molar-refractivity contribution in [2.24, 2.45) is 5.41 Å². The van der Waals surface area contributed by atoms with Gasteiger partial charge in [0.15, 0.2) is 11.6 Å². The van der Waals surface area contributed by atoms with Gasteiger partial charge in [-0.05, 0) is 18.9 Å². The number of anilines is 2. The van der Waals surface area contributed by atoms with Crippen molar-refractivity contribution in [3.8, 4) is 0 Å². The first-order valence-electron chi connectivity index (χ1n) is 8.43. The number of ketones is 1. The van der Waals surface area contributed by atoms with Gasteiger partial charge in [0.25, 0.3) is 0 Å². The third kappa shape index (κ3) is 2.80. The largest absolute Gasteiger partial charge is 0.353 e. The number of carbonyl (C=O) groups excluding carboxylic acids is 1. The lowest BCUT2D eigenvalue weighted by Crippen LogP contribution is -2.45. The molecule has 0 atom stereocenters. The fourth-order valence-corrected chi connectivity index (χ4v) is 4.55. The summed E-state index contributed by atoms with van der Waals surface area (Å²) in [6.07, 6.45) is 3.10. The second kappa shape index (κ2) is 5.74. The minimum atomic E-state index is 0.00458. The van der Waals surface area contributed by atoms with Crippen LogP contribution in [-0.2, 0) is 4.79 Å². The standard InChI is InChI=1S/C17H23N5OS/c1-17(2)8-11-14(12(23)9-17)24-16-13(20-11)15(18-10-19-16)22-6-4-21(3)5-7-22/h10,20H,4-9H2,1-3H3. The number of hydrogen-bond donors (Lipinski definition) is 1. The Hall–Kier alpha value is -1.60. The number of likely N-dealkylation sites (N-methyl/N-ethyl adjacent to an activating group) is 1. The molecule has 1 fully saturated rings. The lowest BCUT2D eigenvalue weighted by Gasteiger charge is -2.37. The van der Waals surface area contributed by atoms with Gasteiger partial charge in [0.2, 0.25) is 0 Å². The average molecular weight is 345 g/mol. The number of nitrogens with zero attached hydrogens (tertiary/aromatic N) is 4. The molecule has 3 heterocycles.